The van der Waals surface area contributed by atoms with Gasteiger partial charge in [-0.2, -0.15) is 0 Å². The van der Waals surface area contributed by atoms with Crippen molar-refractivity contribution in [3.8, 4) is 0 Å². The monoisotopic (exact) mass is 441 g/mol. The minimum absolute atomic E-state index is 0.0706. The topological polar surface area (TPSA) is 109 Å². The second kappa shape index (κ2) is 8.18. The first-order chi connectivity index (χ1) is 15.1. The molecule has 3 heterocycles. The lowest BCUT2D eigenvalue weighted by Crippen LogP contribution is -2.38. The Balaban J connectivity index is 1.24. The predicted molar refractivity (Wildman–Crippen MR) is 116 cm³/mol. The smallest absolute Gasteiger partial charge is 0.408 e. The minimum Gasteiger partial charge on any atom is -0.408 e. The largest absolute Gasteiger partial charge is 0.420 e. The van der Waals surface area contributed by atoms with Gasteiger partial charge in [-0.3, -0.25) is 14.7 Å². The first-order valence-corrected chi connectivity index (χ1v) is 11.3. The van der Waals surface area contributed by atoms with E-state index in [-0.39, 0.29) is 24.5 Å². The van der Waals surface area contributed by atoms with Crippen LogP contribution in [0, 0.1) is 0 Å². The highest BCUT2D eigenvalue weighted by atomic mass is 32.1. The number of oxazole rings is 1. The fraction of sp³-hybridized carbons (Fsp3) is 0.429. The van der Waals surface area contributed by atoms with Crippen molar-refractivity contribution in [2.24, 2.45) is 0 Å². The number of fused-ring (bicyclic) bond motifs is 2. The number of amides is 3. The van der Waals surface area contributed by atoms with Crippen LogP contribution in [-0.2, 0) is 24.3 Å². The van der Waals surface area contributed by atoms with Gasteiger partial charge in [-0.15, -0.1) is 0 Å². The average Bonchev–Trinajstić information content (AvgIpc) is 3.47. The molecule has 9 nitrogen and oxygen atoms in total. The number of carbonyl (C=O) groups excluding carboxylic acids is 2. The second-order valence-electron chi connectivity index (χ2n) is 7.96. The summed E-state index contributed by atoms with van der Waals surface area (Å²) in [5.41, 5.74) is 1.99. The molecule has 3 aromatic rings. The van der Waals surface area contributed by atoms with Gasteiger partial charge >= 0.3 is 11.8 Å². The quantitative estimate of drug-likeness (QED) is 0.647. The molecule has 1 fully saturated rings. The zero-order valence-corrected chi connectivity index (χ0v) is 17.7. The summed E-state index contributed by atoms with van der Waals surface area (Å²) in [4.78, 5) is 44.4. The maximum absolute atomic E-state index is 12.9. The lowest BCUT2D eigenvalue weighted by molar-refractivity contribution is -0.132. The van der Waals surface area contributed by atoms with Crippen LogP contribution in [0.15, 0.2) is 33.5 Å². The van der Waals surface area contributed by atoms with E-state index in [1.165, 1.54) is 15.9 Å². The van der Waals surface area contributed by atoms with E-state index >= 15 is 0 Å². The Bertz CT molecular complexity index is 1190. The van der Waals surface area contributed by atoms with E-state index in [4.69, 9.17) is 4.42 Å². The number of aromatic nitrogens is 2. The van der Waals surface area contributed by atoms with Crippen molar-refractivity contribution in [3.05, 3.63) is 45.4 Å². The molecular weight excluding hydrogens is 418 g/mol. The number of urea groups is 1. The van der Waals surface area contributed by atoms with Crippen LogP contribution in [0.5, 0.6) is 0 Å². The SMILES string of the molecule is O=C(Nc1nc2c(s1)CN(C(=O)Cn1c(=O)oc3ccccc31)CC2)NC1CCCC1. The number of thiazole rings is 1. The standard InChI is InChI=1S/C21H23N5O4S/c27-18(12-26-15-7-3-4-8-16(15)30-21(26)29)25-10-9-14-17(11-25)31-20(23-14)24-19(28)22-13-5-1-2-6-13/h3-4,7-8,13H,1-2,5-6,9-12H2,(H2,22,23,24,28). The minimum atomic E-state index is -0.537. The molecule has 0 bridgehead atoms. The molecule has 0 saturated heterocycles. The van der Waals surface area contributed by atoms with Crippen LogP contribution in [0.3, 0.4) is 0 Å². The van der Waals surface area contributed by atoms with E-state index in [0.717, 1.165) is 36.3 Å². The molecule has 10 heteroatoms. The van der Waals surface area contributed by atoms with Gasteiger partial charge in [0.2, 0.25) is 5.91 Å². The third-order valence-corrected chi connectivity index (χ3v) is 6.86. The summed E-state index contributed by atoms with van der Waals surface area (Å²) in [5, 5.41) is 6.37. The van der Waals surface area contributed by atoms with Crippen molar-refractivity contribution in [1.82, 2.24) is 19.8 Å². The van der Waals surface area contributed by atoms with E-state index in [0.29, 0.717) is 35.7 Å². The summed E-state index contributed by atoms with van der Waals surface area (Å²) < 4.78 is 6.58. The van der Waals surface area contributed by atoms with Crippen molar-refractivity contribution >= 4 is 39.5 Å². The van der Waals surface area contributed by atoms with Crippen molar-refractivity contribution in [3.63, 3.8) is 0 Å². The Morgan fingerprint density at radius 2 is 2.03 bits per heavy atom. The second-order valence-corrected chi connectivity index (χ2v) is 9.04. The summed E-state index contributed by atoms with van der Waals surface area (Å²) in [7, 11) is 0. The number of hydrogen-bond acceptors (Lipinski definition) is 6. The summed E-state index contributed by atoms with van der Waals surface area (Å²) in [6.07, 6.45) is 4.97. The molecule has 2 N–H and O–H groups in total. The van der Waals surface area contributed by atoms with E-state index < -0.39 is 5.76 Å². The molecule has 0 atom stereocenters. The van der Waals surface area contributed by atoms with Crippen molar-refractivity contribution < 1.29 is 14.0 Å². The van der Waals surface area contributed by atoms with Crippen molar-refractivity contribution in [2.45, 2.75) is 51.2 Å². The molecule has 1 saturated carbocycles. The Morgan fingerprint density at radius 3 is 2.87 bits per heavy atom. The van der Waals surface area contributed by atoms with Crippen LogP contribution in [0.2, 0.25) is 0 Å². The van der Waals surface area contributed by atoms with Crippen molar-refractivity contribution in [1.29, 1.82) is 0 Å². The Labute approximate surface area is 182 Å². The molecule has 0 radical (unpaired) electrons. The van der Waals surface area contributed by atoms with Crippen LogP contribution < -0.4 is 16.4 Å². The normalized spacial score (nSPS) is 16.5. The number of nitrogens with zero attached hydrogens (tertiary/aromatic N) is 3. The summed E-state index contributed by atoms with van der Waals surface area (Å²) in [5.74, 6) is -0.689. The molecule has 1 aromatic carbocycles. The van der Waals surface area contributed by atoms with E-state index in [2.05, 4.69) is 15.6 Å². The van der Waals surface area contributed by atoms with Gasteiger partial charge < -0.3 is 14.6 Å². The lowest BCUT2D eigenvalue weighted by Gasteiger charge is -2.26. The number of carbonyl (C=O) groups is 2. The Morgan fingerprint density at radius 1 is 1.23 bits per heavy atom. The van der Waals surface area contributed by atoms with Gasteiger partial charge in [0.1, 0.15) is 6.54 Å². The summed E-state index contributed by atoms with van der Waals surface area (Å²) in [6, 6.07) is 7.08. The van der Waals surface area contributed by atoms with Gasteiger partial charge in [0.15, 0.2) is 10.7 Å². The maximum atomic E-state index is 12.9. The fourth-order valence-electron chi connectivity index (χ4n) is 4.25. The van der Waals surface area contributed by atoms with Crippen LogP contribution in [0.25, 0.3) is 11.1 Å². The highest BCUT2D eigenvalue weighted by molar-refractivity contribution is 7.15. The number of para-hydroxylation sites is 2. The Hall–Kier alpha value is -3.14. The van der Waals surface area contributed by atoms with Gasteiger partial charge in [0, 0.05) is 23.9 Å². The molecule has 0 unspecified atom stereocenters. The van der Waals surface area contributed by atoms with Crippen LogP contribution in [0.1, 0.15) is 36.3 Å². The Kier molecular flexibility index (Phi) is 5.23. The number of anilines is 1. The molecule has 1 aliphatic heterocycles. The average molecular weight is 442 g/mol. The molecule has 162 valence electrons. The third-order valence-electron chi connectivity index (χ3n) is 5.86. The predicted octanol–water partition coefficient (Wildman–Crippen LogP) is 2.70. The van der Waals surface area contributed by atoms with Crippen LogP contribution in [-0.4, -0.2) is 39.0 Å². The lowest BCUT2D eigenvalue weighted by atomic mass is 10.2. The van der Waals surface area contributed by atoms with E-state index in [1.54, 1.807) is 29.2 Å². The highest BCUT2D eigenvalue weighted by Gasteiger charge is 2.26. The van der Waals surface area contributed by atoms with Crippen LogP contribution >= 0.6 is 11.3 Å². The van der Waals surface area contributed by atoms with Crippen molar-refractivity contribution in [2.75, 3.05) is 11.9 Å². The molecule has 3 amide bonds. The summed E-state index contributed by atoms with van der Waals surface area (Å²) >= 11 is 1.39. The first-order valence-electron chi connectivity index (χ1n) is 10.5. The molecule has 31 heavy (non-hydrogen) atoms. The van der Waals surface area contributed by atoms with E-state index in [1.807, 2.05) is 0 Å². The fourth-order valence-corrected chi connectivity index (χ4v) is 5.27. The molecular formula is C21H23N5O4S. The van der Waals surface area contributed by atoms with E-state index in [9.17, 15) is 14.4 Å². The number of rotatable bonds is 4. The number of nitrogens with one attached hydrogen (secondary N) is 2. The molecule has 2 aromatic heterocycles. The zero-order chi connectivity index (χ0) is 21.4. The number of benzene rings is 1. The van der Waals surface area contributed by atoms with Gasteiger partial charge in [0.25, 0.3) is 0 Å². The van der Waals surface area contributed by atoms with Gasteiger partial charge in [-0.25, -0.2) is 14.6 Å². The molecule has 0 spiro atoms. The molecule has 1 aliphatic carbocycles. The maximum Gasteiger partial charge on any atom is 0.420 e. The zero-order valence-electron chi connectivity index (χ0n) is 16.9. The van der Waals surface area contributed by atoms with Gasteiger partial charge in [-0.05, 0) is 25.0 Å². The first kappa shape index (κ1) is 19.8. The van der Waals surface area contributed by atoms with Crippen LogP contribution in [0.4, 0.5) is 9.93 Å². The molecule has 5 rings (SSSR count). The third kappa shape index (κ3) is 4.07. The van der Waals surface area contributed by atoms with Gasteiger partial charge in [-0.1, -0.05) is 36.3 Å². The summed E-state index contributed by atoms with van der Waals surface area (Å²) in [6.45, 7) is 0.870. The highest BCUT2D eigenvalue weighted by Crippen LogP contribution is 2.29. The van der Waals surface area contributed by atoms with Gasteiger partial charge in [0.05, 0.1) is 17.8 Å². The molecule has 2 aliphatic rings. The number of hydrogen-bond donors (Lipinski definition) is 2.